The van der Waals surface area contributed by atoms with Gasteiger partial charge < -0.3 is 0 Å². The summed E-state index contributed by atoms with van der Waals surface area (Å²) in [7, 11) is 17.8. The Morgan fingerprint density at radius 3 is 1.19 bits per heavy atom. The van der Waals surface area contributed by atoms with E-state index in [1.807, 2.05) is 0 Å². The third-order valence-electron chi connectivity index (χ3n) is 12.2. The fraction of sp³-hybridized carbons (Fsp3) is 0.250. The van der Waals surface area contributed by atoms with Crippen LogP contribution < -0.4 is 0 Å². The van der Waals surface area contributed by atoms with Crippen molar-refractivity contribution < 1.29 is 12.4 Å². The van der Waals surface area contributed by atoms with Gasteiger partial charge in [0.05, 0.1) is 0 Å². The molecular formula is C48H49Cl2SiTi. The molecule has 8 rings (SSSR count). The number of halogens is 2. The van der Waals surface area contributed by atoms with E-state index in [9.17, 15) is 0 Å². The Hall–Kier alpha value is -3.17. The molecule has 6 aromatic carbocycles. The average Bonchev–Trinajstić information content (AvgIpc) is 3.73. The Balaban J connectivity index is 1.41. The van der Waals surface area contributed by atoms with E-state index in [2.05, 4.69) is 188 Å². The molecule has 52 heavy (non-hydrogen) atoms. The van der Waals surface area contributed by atoms with Crippen LogP contribution in [-0.4, -0.2) is 6.66 Å². The summed E-state index contributed by atoms with van der Waals surface area (Å²) < 4.78 is -0.0281. The van der Waals surface area contributed by atoms with Gasteiger partial charge >= 0.3 is 322 Å². The van der Waals surface area contributed by atoms with Crippen molar-refractivity contribution in [3.63, 3.8) is 0 Å². The maximum absolute atomic E-state index is 8.92. The molecule has 0 saturated carbocycles. The Bertz CT molecular complexity index is 2290. The molecule has 0 nitrogen and oxygen atoms in total. The zero-order chi connectivity index (χ0) is 36.8. The van der Waals surface area contributed by atoms with Crippen molar-refractivity contribution in [2.24, 2.45) is 10.8 Å². The molecular weight excluding hydrogens is 723 g/mol. The molecule has 0 aromatic heterocycles. The van der Waals surface area contributed by atoms with Gasteiger partial charge in [0, 0.05) is 0 Å². The van der Waals surface area contributed by atoms with Crippen molar-refractivity contribution in [3.05, 3.63) is 155 Å². The van der Waals surface area contributed by atoms with Gasteiger partial charge in [0.2, 0.25) is 0 Å². The average molecular weight is 773 g/mol. The van der Waals surface area contributed by atoms with Gasteiger partial charge in [0.25, 0.3) is 0 Å². The maximum atomic E-state index is 8.92. The summed E-state index contributed by atoms with van der Waals surface area (Å²) in [4.78, 5) is 0. The molecule has 0 aliphatic heterocycles. The third kappa shape index (κ3) is 5.41. The minimum absolute atomic E-state index is 0.0140. The molecule has 4 heteroatoms. The molecule has 0 fully saturated rings. The van der Waals surface area contributed by atoms with Crippen LogP contribution in [0, 0.1) is 10.8 Å². The number of hydrogen-bond acceptors (Lipinski definition) is 0. The SMILES string of the molecule is C[SiH](C)[Ti]([Cl])([Cl])([CH]1C(C(C)(C)C)=Cc2c(-c3cccc4ccccc34)cccc21)[CH]1C(C(C)(C)C)=Cc2c(-c3cccc4ccccc34)cccc21. The second kappa shape index (κ2) is 12.4. The Morgan fingerprint density at radius 1 is 0.462 bits per heavy atom. The monoisotopic (exact) mass is 771 g/mol. The van der Waals surface area contributed by atoms with Gasteiger partial charge in [0.15, 0.2) is 0 Å². The second-order valence-electron chi connectivity index (χ2n) is 17.6. The van der Waals surface area contributed by atoms with Crippen molar-refractivity contribution in [1.29, 1.82) is 0 Å². The van der Waals surface area contributed by atoms with Crippen molar-refractivity contribution in [1.82, 2.24) is 0 Å². The third-order valence-corrected chi connectivity index (χ3v) is 47.3. The number of fused-ring (bicyclic) bond motifs is 4. The topological polar surface area (TPSA) is 0 Å². The van der Waals surface area contributed by atoms with Crippen molar-refractivity contribution in [3.8, 4) is 22.3 Å². The van der Waals surface area contributed by atoms with Crippen LogP contribution in [0.1, 0.15) is 72.2 Å². The van der Waals surface area contributed by atoms with Crippen molar-refractivity contribution >= 4 is 59.0 Å². The van der Waals surface area contributed by atoms with E-state index in [-0.39, 0.29) is 19.3 Å². The van der Waals surface area contributed by atoms with Crippen LogP contribution in [0.25, 0.3) is 56.0 Å². The van der Waals surface area contributed by atoms with Crippen LogP contribution in [0.3, 0.4) is 0 Å². The molecule has 0 N–H and O–H groups in total. The van der Waals surface area contributed by atoms with Crippen molar-refractivity contribution in [2.75, 3.05) is 0 Å². The van der Waals surface area contributed by atoms with Crippen LogP contribution in [0.5, 0.6) is 0 Å². The quantitative estimate of drug-likeness (QED) is 0.153. The van der Waals surface area contributed by atoms with E-state index in [1.165, 1.54) is 77.2 Å². The molecule has 0 bridgehead atoms. The summed E-state index contributed by atoms with van der Waals surface area (Å²) in [6.45, 7) is 17.3. The van der Waals surface area contributed by atoms with Gasteiger partial charge in [-0.1, -0.05) is 0 Å². The number of hydrogen-bond donors (Lipinski definition) is 0. The Kier molecular flexibility index (Phi) is 8.57. The van der Waals surface area contributed by atoms with Gasteiger partial charge in [0.1, 0.15) is 0 Å². The Labute approximate surface area is 320 Å². The molecule has 2 aliphatic rings. The summed E-state index contributed by atoms with van der Waals surface area (Å²) in [5.41, 5.74) is 12.8. The molecule has 263 valence electrons. The standard InChI is InChI=1S/2C23H21.C2H7Si.2ClH.Ti/c2*1-23(2,3)18-14-17-10-7-13-21(22(17)15-18)20-12-6-9-16-8-4-5-11-19(16)20;1-3-2;;;/h2*4-15H,1-3H3;3H,1-2H3;2*1H;/q;;;;;+2/p-2. The van der Waals surface area contributed by atoms with Crippen LogP contribution >= 0.6 is 18.6 Å². The van der Waals surface area contributed by atoms with Crippen LogP contribution in [0.15, 0.2) is 132 Å². The van der Waals surface area contributed by atoms with Gasteiger partial charge in [-0.2, -0.15) is 0 Å². The van der Waals surface area contributed by atoms with E-state index < -0.39 is 19.1 Å². The van der Waals surface area contributed by atoms with E-state index in [0.29, 0.717) is 0 Å². The first-order chi connectivity index (χ1) is 24.6. The summed E-state index contributed by atoms with van der Waals surface area (Å²) in [6, 6.07) is 44.7. The van der Waals surface area contributed by atoms with Crippen LogP contribution in [0.4, 0.5) is 0 Å². The van der Waals surface area contributed by atoms with E-state index in [1.54, 1.807) is 0 Å². The molecule has 6 aromatic rings. The first kappa shape index (κ1) is 35.8. The van der Waals surface area contributed by atoms with Gasteiger partial charge in [-0.05, 0) is 0 Å². The normalized spacial score (nSPS) is 18.2. The zero-order valence-electron chi connectivity index (χ0n) is 31.7. The van der Waals surface area contributed by atoms with Crippen LogP contribution in [-0.2, 0) is 12.4 Å². The molecule has 2 atom stereocenters. The van der Waals surface area contributed by atoms with E-state index in [4.69, 9.17) is 18.6 Å². The molecule has 2 unspecified atom stereocenters. The second-order valence-corrected chi connectivity index (χ2v) is 46.9. The summed E-state index contributed by atoms with van der Waals surface area (Å²) in [6.07, 6.45) is 5.01. The van der Waals surface area contributed by atoms with E-state index in [0.717, 1.165) is 0 Å². The Morgan fingerprint density at radius 2 is 0.808 bits per heavy atom. The first-order valence-corrected chi connectivity index (χ1v) is 30.5. The zero-order valence-corrected chi connectivity index (χ0v) is 35.9. The number of allylic oxidation sites excluding steroid dienone is 2. The van der Waals surface area contributed by atoms with Crippen molar-refractivity contribution in [2.45, 2.75) is 63.1 Å². The van der Waals surface area contributed by atoms with Gasteiger partial charge in [-0.15, -0.1) is 0 Å². The van der Waals surface area contributed by atoms with Gasteiger partial charge in [-0.25, -0.2) is 0 Å². The molecule has 0 spiro atoms. The fourth-order valence-electron chi connectivity index (χ4n) is 9.52. The summed E-state index contributed by atoms with van der Waals surface area (Å²) >= 11 is -4.78. The van der Waals surface area contributed by atoms with Crippen LogP contribution in [0.2, 0.25) is 13.1 Å². The molecule has 2 aliphatic carbocycles. The number of rotatable bonds is 5. The summed E-state index contributed by atoms with van der Waals surface area (Å²) in [5.74, 6) is 0. The van der Waals surface area contributed by atoms with Gasteiger partial charge in [-0.3, -0.25) is 0 Å². The molecule has 0 saturated heterocycles. The predicted octanol–water partition coefficient (Wildman–Crippen LogP) is 15.0. The number of benzene rings is 6. The fourth-order valence-corrected chi connectivity index (χ4v) is 30.6. The van der Waals surface area contributed by atoms with E-state index >= 15 is 0 Å². The molecule has 0 radical (unpaired) electrons. The molecule has 0 amide bonds. The summed E-state index contributed by atoms with van der Waals surface area (Å²) in [5, 5.41) is 5.05. The predicted molar refractivity (Wildman–Crippen MR) is 230 cm³/mol. The first-order valence-electron chi connectivity index (χ1n) is 18.8. The molecule has 0 heterocycles. The minimum atomic E-state index is -4.78.